The molecule has 17 heavy (non-hydrogen) atoms. The number of hydrogen-bond acceptors (Lipinski definition) is 3. The lowest BCUT2D eigenvalue weighted by molar-refractivity contribution is 1.10. The molecule has 0 fully saturated rings. The number of thiophene rings is 1. The highest BCUT2D eigenvalue weighted by molar-refractivity contribution is 7.19. The molecule has 0 aliphatic rings. The molecule has 0 saturated heterocycles. The zero-order valence-electron chi connectivity index (χ0n) is 9.14. The average molecular weight is 264 g/mol. The van der Waals surface area contributed by atoms with E-state index in [2.05, 4.69) is 4.98 Å². The second kappa shape index (κ2) is 3.75. The maximum atomic E-state index is 6.15. The zero-order valence-corrected chi connectivity index (χ0v) is 10.7. The van der Waals surface area contributed by atoms with Gasteiger partial charge in [-0.15, -0.1) is 11.3 Å². The predicted molar refractivity (Wildman–Crippen MR) is 72.7 cm³/mol. The fourth-order valence-corrected chi connectivity index (χ4v) is 2.95. The summed E-state index contributed by atoms with van der Waals surface area (Å²) in [5.74, 6) is 0.664. The molecule has 0 spiro atoms. The lowest BCUT2D eigenvalue weighted by Crippen LogP contribution is -1.96. The highest BCUT2D eigenvalue weighted by Gasteiger charge is 2.13. The standard InChI is InChI=1S/C12H10ClN3S/c1-7-3-2-4-10-15-11(12(14)16(7)10)8-5-6-9(13)17-8/h2-6H,14H2,1H3. The minimum absolute atomic E-state index is 0.664. The summed E-state index contributed by atoms with van der Waals surface area (Å²) < 4.78 is 2.69. The van der Waals surface area contributed by atoms with Crippen LogP contribution in [-0.4, -0.2) is 9.38 Å². The van der Waals surface area contributed by atoms with Gasteiger partial charge in [0, 0.05) is 5.69 Å². The molecule has 0 atom stereocenters. The van der Waals surface area contributed by atoms with Gasteiger partial charge < -0.3 is 5.73 Å². The van der Waals surface area contributed by atoms with Crippen LogP contribution in [0.5, 0.6) is 0 Å². The number of hydrogen-bond donors (Lipinski definition) is 1. The molecule has 86 valence electrons. The van der Waals surface area contributed by atoms with Crippen molar-refractivity contribution in [2.75, 3.05) is 5.73 Å². The molecular weight excluding hydrogens is 254 g/mol. The Morgan fingerprint density at radius 2 is 2.12 bits per heavy atom. The second-order valence-electron chi connectivity index (χ2n) is 3.81. The SMILES string of the molecule is Cc1cccc2nc(-c3ccc(Cl)s3)c(N)n12. The summed E-state index contributed by atoms with van der Waals surface area (Å²) >= 11 is 7.42. The molecule has 0 unspecified atom stereocenters. The first kappa shape index (κ1) is 10.6. The van der Waals surface area contributed by atoms with Gasteiger partial charge in [-0.05, 0) is 31.2 Å². The molecule has 3 nitrogen and oxygen atoms in total. The number of nitrogen functional groups attached to an aromatic ring is 1. The van der Waals surface area contributed by atoms with Gasteiger partial charge in [-0.3, -0.25) is 4.40 Å². The minimum atomic E-state index is 0.664. The smallest absolute Gasteiger partial charge is 0.139 e. The quantitative estimate of drug-likeness (QED) is 0.729. The predicted octanol–water partition coefficient (Wildman–Crippen LogP) is 3.61. The average Bonchev–Trinajstić information content (AvgIpc) is 2.84. The molecule has 3 heterocycles. The van der Waals surface area contributed by atoms with Crippen LogP contribution in [0.15, 0.2) is 30.3 Å². The van der Waals surface area contributed by atoms with Crippen molar-refractivity contribution in [3.05, 3.63) is 40.4 Å². The lowest BCUT2D eigenvalue weighted by atomic mass is 10.3. The molecule has 0 saturated carbocycles. The summed E-state index contributed by atoms with van der Waals surface area (Å²) in [5, 5.41) is 0. The molecule has 5 heteroatoms. The number of nitrogens with two attached hydrogens (primary N) is 1. The molecule has 2 N–H and O–H groups in total. The number of pyridine rings is 1. The van der Waals surface area contributed by atoms with E-state index in [0.717, 1.165) is 26.2 Å². The van der Waals surface area contributed by atoms with Crippen LogP contribution < -0.4 is 5.73 Å². The van der Waals surface area contributed by atoms with Crippen molar-refractivity contribution in [3.8, 4) is 10.6 Å². The van der Waals surface area contributed by atoms with Gasteiger partial charge in [-0.2, -0.15) is 0 Å². The molecule has 0 radical (unpaired) electrons. The third-order valence-electron chi connectivity index (χ3n) is 2.68. The number of aryl methyl sites for hydroxylation is 1. The summed E-state index contributed by atoms with van der Waals surface area (Å²) in [5.41, 5.74) is 8.88. The monoisotopic (exact) mass is 263 g/mol. The highest BCUT2D eigenvalue weighted by Crippen LogP contribution is 2.34. The van der Waals surface area contributed by atoms with E-state index in [0.29, 0.717) is 5.82 Å². The van der Waals surface area contributed by atoms with Crippen LogP contribution in [-0.2, 0) is 0 Å². The molecule has 3 aromatic heterocycles. The van der Waals surface area contributed by atoms with Gasteiger partial charge in [0.25, 0.3) is 0 Å². The molecule has 0 aliphatic carbocycles. The molecular formula is C12H10ClN3S. The molecule has 3 rings (SSSR count). The van der Waals surface area contributed by atoms with E-state index in [1.54, 1.807) is 0 Å². The Kier molecular flexibility index (Phi) is 2.34. The summed E-state index contributed by atoms with van der Waals surface area (Å²) in [6.45, 7) is 2.01. The van der Waals surface area contributed by atoms with Gasteiger partial charge >= 0.3 is 0 Å². The van der Waals surface area contributed by atoms with Gasteiger partial charge in [0.05, 0.1) is 9.21 Å². The third kappa shape index (κ3) is 1.61. The van der Waals surface area contributed by atoms with Crippen LogP contribution >= 0.6 is 22.9 Å². The van der Waals surface area contributed by atoms with E-state index in [4.69, 9.17) is 17.3 Å². The largest absolute Gasteiger partial charge is 0.383 e. The van der Waals surface area contributed by atoms with Crippen molar-refractivity contribution in [1.29, 1.82) is 0 Å². The lowest BCUT2D eigenvalue weighted by Gasteiger charge is -2.00. The maximum absolute atomic E-state index is 6.15. The summed E-state index contributed by atoms with van der Waals surface area (Å²) in [6.07, 6.45) is 0. The van der Waals surface area contributed by atoms with E-state index in [-0.39, 0.29) is 0 Å². The minimum Gasteiger partial charge on any atom is -0.383 e. The van der Waals surface area contributed by atoms with E-state index in [1.807, 2.05) is 41.7 Å². The van der Waals surface area contributed by atoms with Crippen molar-refractivity contribution in [1.82, 2.24) is 9.38 Å². The Labute approximate surface area is 107 Å². The highest BCUT2D eigenvalue weighted by atomic mass is 35.5. The van der Waals surface area contributed by atoms with E-state index in [9.17, 15) is 0 Å². The van der Waals surface area contributed by atoms with Gasteiger partial charge in [-0.1, -0.05) is 17.7 Å². The van der Waals surface area contributed by atoms with Crippen LogP contribution in [0.25, 0.3) is 16.2 Å². The van der Waals surface area contributed by atoms with Gasteiger partial charge in [0.2, 0.25) is 0 Å². The molecule has 0 aliphatic heterocycles. The molecule has 0 aromatic carbocycles. The number of anilines is 1. The van der Waals surface area contributed by atoms with E-state index >= 15 is 0 Å². The molecule has 3 aromatic rings. The Morgan fingerprint density at radius 1 is 1.29 bits per heavy atom. The van der Waals surface area contributed by atoms with Crippen LogP contribution in [0.3, 0.4) is 0 Å². The van der Waals surface area contributed by atoms with Crippen molar-refractivity contribution in [2.24, 2.45) is 0 Å². The summed E-state index contributed by atoms with van der Waals surface area (Å²) in [4.78, 5) is 5.54. The number of rotatable bonds is 1. The van der Waals surface area contributed by atoms with Crippen LogP contribution in [0.2, 0.25) is 4.34 Å². The fourth-order valence-electron chi connectivity index (χ4n) is 1.90. The second-order valence-corrected chi connectivity index (χ2v) is 5.53. The van der Waals surface area contributed by atoms with E-state index < -0.39 is 0 Å². The first-order valence-corrected chi connectivity index (χ1v) is 6.35. The van der Waals surface area contributed by atoms with Gasteiger partial charge in [-0.25, -0.2) is 4.98 Å². The van der Waals surface area contributed by atoms with Gasteiger partial charge in [0.15, 0.2) is 0 Å². The van der Waals surface area contributed by atoms with Crippen molar-refractivity contribution >= 4 is 34.4 Å². The summed E-state index contributed by atoms with van der Waals surface area (Å²) in [7, 11) is 0. The molecule has 0 amide bonds. The third-order valence-corrected chi connectivity index (χ3v) is 3.92. The Bertz CT molecular complexity index is 699. The molecule has 0 bridgehead atoms. The van der Waals surface area contributed by atoms with Crippen LogP contribution in [0, 0.1) is 6.92 Å². The maximum Gasteiger partial charge on any atom is 0.139 e. The number of fused-ring (bicyclic) bond motifs is 1. The van der Waals surface area contributed by atoms with Crippen molar-refractivity contribution < 1.29 is 0 Å². The van der Waals surface area contributed by atoms with Crippen LogP contribution in [0.1, 0.15) is 5.69 Å². The zero-order chi connectivity index (χ0) is 12.0. The van der Waals surface area contributed by atoms with Crippen molar-refractivity contribution in [3.63, 3.8) is 0 Å². The van der Waals surface area contributed by atoms with Gasteiger partial charge in [0.1, 0.15) is 17.2 Å². The van der Waals surface area contributed by atoms with E-state index in [1.165, 1.54) is 11.3 Å². The van der Waals surface area contributed by atoms with Crippen molar-refractivity contribution in [2.45, 2.75) is 6.92 Å². The summed E-state index contributed by atoms with van der Waals surface area (Å²) in [6, 6.07) is 9.74. The Balaban J connectivity index is 2.32. The number of halogens is 1. The Hall–Kier alpha value is -1.52. The first-order chi connectivity index (χ1) is 8.16. The number of nitrogens with zero attached hydrogens (tertiary/aromatic N) is 2. The first-order valence-electron chi connectivity index (χ1n) is 5.16. The number of imidazole rings is 1. The normalized spacial score (nSPS) is 11.2. The topological polar surface area (TPSA) is 43.3 Å². The van der Waals surface area contributed by atoms with Crippen LogP contribution in [0.4, 0.5) is 5.82 Å². The number of aromatic nitrogens is 2. The fraction of sp³-hybridized carbons (Fsp3) is 0.0833. The Morgan fingerprint density at radius 3 is 2.76 bits per heavy atom.